The topological polar surface area (TPSA) is 144 Å². The molecule has 1 saturated heterocycles. The summed E-state index contributed by atoms with van der Waals surface area (Å²) < 4.78 is 11.3. The summed E-state index contributed by atoms with van der Waals surface area (Å²) in [6.07, 6.45) is -2.20. The van der Waals surface area contributed by atoms with Gasteiger partial charge in [0.05, 0.1) is 6.61 Å². The van der Waals surface area contributed by atoms with Crippen LogP contribution in [0.5, 0.6) is 0 Å². The van der Waals surface area contributed by atoms with Gasteiger partial charge in [-0.15, -0.1) is 12.6 Å². The summed E-state index contributed by atoms with van der Waals surface area (Å²) in [4.78, 5) is 6.82. The number of hydrogen-bond acceptors (Lipinski definition) is 8. The Kier molecular flexibility index (Phi) is 6.06. The summed E-state index contributed by atoms with van der Waals surface area (Å²) in [5, 5.41) is 33.4. The van der Waals surface area contributed by atoms with Crippen molar-refractivity contribution < 1.29 is 19.7 Å². The van der Waals surface area contributed by atoms with Gasteiger partial charge in [-0.2, -0.15) is 5.26 Å². The number of hydrogen-bond donors (Lipinski definition) is 3. The van der Waals surface area contributed by atoms with Gasteiger partial charge < -0.3 is 19.7 Å². The molecule has 1 aromatic heterocycles. The number of halogens is 1. The SMILES string of the molecule is CO[C@@H]1[C@H](S)O[C@@H](CO)[C@@H](O)[C@]1(N=[N+]=[N-])c1cc(Br)cnc1C#N. The van der Waals surface area contributed by atoms with Gasteiger partial charge in [-0.05, 0) is 27.5 Å². The van der Waals surface area contributed by atoms with Crippen molar-refractivity contribution in [2.24, 2.45) is 5.11 Å². The molecule has 0 radical (unpaired) electrons. The van der Waals surface area contributed by atoms with Gasteiger partial charge in [-0.25, -0.2) is 4.98 Å². The molecule has 2 heterocycles. The van der Waals surface area contributed by atoms with Crippen LogP contribution in [-0.4, -0.2) is 52.7 Å². The minimum absolute atomic E-state index is 0.0502. The number of thiol groups is 1. The van der Waals surface area contributed by atoms with E-state index in [1.54, 1.807) is 0 Å². The Bertz CT molecular complexity index is 710. The van der Waals surface area contributed by atoms with Crippen LogP contribution < -0.4 is 0 Å². The highest BCUT2D eigenvalue weighted by Crippen LogP contribution is 2.45. The largest absolute Gasteiger partial charge is 0.394 e. The Morgan fingerprint density at radius 2 is 2.42 bits per heavy atom. The molecule has 5 atom stereocenters. The van der Waals surface area contributed by atoms with Crippen molar-refractivity contribution in [1.82, 2.24) is 4.98 Å². The number of ether oxygens (including phenoxy) is 2. The van der Waals surface area contributed by atoms with Crippen LogP contribution in [0.3, 0.4) is 0 Å². The van der Waals surface area contributed by atoms with Gasteiger partial charge in [0.2, 0.25) is 0 Å². The third-order valence-electron chi connectivity index (χ3n) is 3.85. The summed E-state index contributed by atoms with van der Waals surface area (Å²) in [5.74, 6) is 0. The first-order valence-corrected chi connectivity index (χ1v) is 8.04. The molecule has 1 aromatic rings. The zero-order chi connectivity index (χ0) is 17.9. The fourth-order valence-electron chi connectivity index (χ4n) is 2.82. The van der Waals surface area contributed by atoms with Gasteiger partial charge in [0.1, 0.15) is 41.0 Å². The Hall–Kier alpha value is -1.38. The zero-order valence-electron chi connectivity index (χ0n) is 12.4. The molecule has 2 N–H and O–H groups in total. The lowest BCUT2D eigenvalue weighted by Gasteiger charge is -2.49. The molecule has 1 fully saturated rings. The lowest BCUT2D eigenvalue weighted by Crippen LogP contribution is -2.63. The maximum absolute atomic E-state index is 10.8. The molecule has 24 heavy (non-hydrogen) atoms. The van der Waals surface area contributed by atoms with Crippen molar-refractivity contribution in [2.45, 2.75) is 29.3 Å². The van der Waals surface area contributed by atoms with Crippen LogP contribution in [0.4, 0.5) is 0 Å². The third-order valence-corrected chi connectivity index (χ3v) is 4.67. The fourth-order valence-corrected chi connectivity index (χ4v) is 3.66. The fraction of sp³-hybridized carbons (Fsp3) is 0.538. The smallest absolute Gasteiger partial charge is 0.144 e. The van der Waals surface area contributed by atoms with Gasteiger partial charge in [-0.1, -0.05) is 5.11 Å². The van der Waals surface area contributed by atoms with Crippen LogP contribution in [0.15, 0.2) is 21.9 Å². The van der Waals surface area contributed by atoms with E-state index in [0.29, 0.717) is 4.47 Å². The third kappa shape index (κ3) is 2.98. The first-order valence-electron chi connectivity index (χ1n) is 6.73. The number of aromatic nitrogens is 1. The molecule has 0 bridgehead atoms. The normalized spacial score (nSPS) is 32.7. The van der Waals surface area contributed by atoms with E-state index in [1.165, 1.54) is 19.4 Å². The predicted molar refractivity (Wildman–Crippen MR) is 89.0 cm³/mol. The van der Waals surface area contributed by atoms with Crippen molar-refractivity contribution in [3.63, 3.8) is 0 Å². The highest BCUT2D eigenvalue weighted by molar-refractivity contribution is 9.10. The summed E-state index contributed by atoms with van der Waals surface area (Å²) in [5.41, 5.74) is 6.52. The lowest BCUT2D eigenvalue weighted by molar-refractivity contribution is -0.201. The highest BCUT2D eigenvalue weighted by Gasteiger charge is 2.58. The first kappa shape index (κ1) is 19.0. The number of azide groups is 1. The zero-order valence-corrected chi connectivity index (χ0v) is 14.9. The molecule has 0 amide bonds. The average molecular weight is 416 g/mol. The molecule has 11 heteroatoms. The number of nitrogens with zero attached hydrogens (tertiary/aromatic N) is 5. The van der Waals surface area contributed by atoms with E-state index in [9.17, 15) is 15.5 Å². The van der Waals surface area contributed by atoms with Gasteiger partial charge in [0, 0.05) is 28.3 Å². The van der Waals surface area contributed by atoms with Crippen LogP contribution in [0.25, 0.3) is 10.4 Å². The first-order chi connectivity index (χ1) is 11.5. The molecular formula is C13H14BrN5O4S. The Morgan fingerprint density at radius 3 is 2.96 bits per heavy atom. The number of aliphatic hydroxyl groups excluding tert-OH is 2. The summed E-state index contributed by atoms with van der Waals surface area (Å²) in [7, 11) is 1.34. The molecule has 1 aliphatic rings. The number of aliphatic hydroxyl groups is 2. The van der Waals surface area contributed by atoms with E-state index in [2.05, 4.69) is 43.6 Å². The Balaban J connectivity index is 2.82. The Labute approximate surface area is 151 Å². The van der Waals surface area contributed by atoms with Gasteiger partial charge in [0.25, 0.3) is 0 Å². The molecule has 2 rings (SSSR count). The van der Waals surface area contributed by atoms with Crippen molar-refractivity contribution in [3.8, 4) is 6.07 Å². The van der Waals surface area contributed by atoms with Crippen LogP contribution in [0.2, 0.25) is 0 Å². The van der Waals surface area contributed by atoms with Gasteiger partial charge in [0.15, 0.2) is 0 Å². The minimum atomic E-state index is -1.76. The molecule has 0 aliphatic carbocycles. The molecule has 0 saturated carbocycles. The summed E-state index contributed by atoms with van der Waals surface area (Å²) in [6.45, 7) is -0.541. The summed E-state index contributed by atoms with van der Waals surface area (Å²) >= 11 is 7.52. The van der Waals surface area contributed by atoms with E-state index >= 15 is 0 Å². The average Bonchev–Trinajstić information content (AvgIpc) is 2.58. The molecule has 128 valence electrons. The van der Waals surface area contributed by atoms with Crippen molar-refractivity contribution in [3.05, 3.63) is 38.4 Å². The maximum atomic E-state index is 10.8. The van der Waals surface area contributed by atoms with E-state index < -0.39 is 35.9 Å². The van der Waals surface area contributed by atoms with E-state index in [1.807, 2.05) is 6.07 Å². The second-order valence-corrected chi connectivity index (χ2v) is 6.45. The van der Waals surface area contributed by atoms with Crippen LogP contribution in [0.1, 0.15) is 11.3 Å². The second-order valence-electron chi connectivity index (χ2n) is 5.03. The monoisotopic (exact) mass is 415 g/mol. The summed E-state index contributed by atoms with van der Waals surface area (Å²) in [6, 6.07) is 3.42. The quantitative estimate of drug-likeness (QED) is 0.292. The molecule has 1 aliphatic heterocycles. The molecular weight excluding hydrogens is 402 g/mol. The van der Waals surface area contributed by atoms with Crippen molar-refractivity contribution in [2.75, 3.05) is 13.7 Å². The molecule has 0 unspecified atom stereocenters. The van der Waals surface area contributed by atoms with E-state index in [-0.39, 0.29) is 11.3 Å². The van der Waals surface area contributed by atoms with Crippen molar-refractivity contribution >= 4 is 28.6 Å². The van der Waals surface area contributed by atoms with Gasteiger partial charge in [-0.3, -0.25) is 0 Å². The maximum Gasteiger partial charge on any atom is 0.144 e. The van der Waals surface area contributed by atoms with Crippen LogP contribution in [-0.2, 0) is 15.0 Å². The van der Waals surface area contributed by atoms with E-state index in [4.69, 9.17) is 15.0 Å². The lowest BCUT2D eigenvalue weighted by atomic mass is 9.75. The number of rotatable bonds is 4. The van der Waals surface area contributed by atoms with E-state index in [0.717, 1.165) is 0 Å². The van der Waals surface area contributed by atoms with Crippen LogP contribution >= 0.6 is 28.6 Å². The highest BCUT2D eigenvalue weighted by atomic mass is 79.9. The van der Waals surface area contributed by atoms with Crippen molar-refractivity contribution in [1.29, 1.82) is 5.26 Å². The Morgan fingerprint density at radius 1 is 1.71 bits per heavy atom. The number of methoxy groups -OCH3 is 1. The predicted octanol–water partition coefficient (Wildman–Crippen LogP) is 1.24. The molecule has 0 spiro atoms. The van der Waals surface area contributed by atoms with Gasteiger partial charge >= 0.3 is 0 Å². The second kappa shape index (κ2) is 7.67. The molecule has 0 aromatic carbocycles. The van der Waals surface area contributed by atoms with Crippen LogP contribution in [0, 0.1) is 11.3 Å². The standard InChI is InChI=1S/C13H14BrN5O4S/c1-22-11-12(24)23-9(5-20)10(21)13(11,18-19-16)7-2-6(14)4-17-8(7)3-15/h2,4,9-12,20-21,24H,5H2,1H3/t9-,10+,11+,12-,13+/m0/s1. The molecule has 9 nitrogen and oxygen atoms in total. The number of nitriles is 1. The minimum Gasteiger partial charge on any atom is -0.394 e. The number of pyridine rings is 1.